The molecule has 1 aliphatic carbocycles. The first kappa shape index (κ1) is 23.1. The van der Waals surface area contributed by atoms with Crippen molar-refractivity contribution in [2.45, 2.75) is 51.6 Å². The second-order valence-corrected chi connectivity index (χ2v) is 10.2. The van der Waals surface area contributed by atoms with Crippen LogP contribution in [0, 0.1) is 6.92 Å². The molecule has 0 spiro atoms. The van der Waals surface area contributed by atoms with E-state index in [4.69, 9.17) is 15.5 Å². The van der Waals surface area contributed by atoms with Crippen LogP contribution in [0.1, 0.15) is 38.2 Å². The molecule has 1 aromatic carbocycles. The summed E-state index contributed by atoms with van der Waals surface area (Å²) in [6.45, 7) is 4.50. The molecule has 0 bridgehead atoms. The summed E-state index contributed by atoms with van der Waals surface area (Å²) in [7, 11) is -3.49. The first-order valence-corrected chi connectivity index (χ1v) is 13.0. The topological polar surface area (TPSA) is 136 Å². The van der Waals surface area contributed by atoms with Crippen molar-refractivity contribution in [3.05, 3.63) is 36.0 Å². The highest BCUT2D eigenvalue weighted by Gasteiger charge is 2.22. The van der Waals surface area contributed by atoms with Crippen LogP contribution in [0.4, 0.5) is 23.0 Å². The zero-order valence-corrected chi connectivity index (χ0v) is 19.9. The minimum Gasteiger partial charge on any atom is -0.494 e. The number of nitrogens with zero attached hydrogens (tertiary/aromatic N) is 3. The van der Waals surface area contributed by atoms with Crippen molar-refractivity contribution in [3.8, 4) is 5.75 Å². The van der Waals surface area contributed by atoms with Gasteiger partial charge in [-0.05, 0) is 63.8 Å². The van der Waals surface area contributed by atoms with Crippen molar-refractivity contribution in [2.75, 3.05) is 28.2 Å². The number of nitrogens with two attached hydrogens (primary N) is 1. The van der Waals surface area contributed by atoms with Crippen LogP contribution in [0.15, 0.2) is 30.5 Å². The summed E-state index contributed by atoms with van der Waals surface area (Å²) in [6, 6.07) is 8.13. The smallest absolute Gasteiger partial charge is 0.229 e. The molecule has 5 N–H and O–H groups in total. The SMILES string of the molecule is CCOc1ccc(Nc2c(C)c(N[C@H]3CC[C@H](N)CC3)nc3c(NS(C)(=O)=O)cnn23)cc1. The van der Waals surface area contributed by atoms with E-state index in [0.717, 1.165) is 48.9 Å². The highest BCUT2D eigenvalue weighted by atomic mass is 32.2. The fourth-order valence-corrected chi connectivity index (χ4v) is 4.57. The average molecular weight is 474 g/mol. The monoisotopic (exact) mass is 473 g/mol. The van der Waals surface area contributed by atoms with Crippen LogP contribution in [0.3, 0.4) is 0 Å². The van der Waals surface area contributed by atoms with Gasteiger partial charge in [-0.2, -0.15) is 9.61 Å². The molecular formula is C22H31N7O3S. The van der Waals surface area contributed by atoms with Gasteiger partial charge in [0.1, 0.15) is 23.1 Å². The molecule has 33 heavy (non-hydrogen) atoms. The van der Waals surface area contributed by atoms with Crippen LogP contribution in [-0.2, 0) is 10.0 Å². The molecule has 1 aliphatic rings. The first-order chi connectivity index (χ1) is 15.7. The Bertz CT molecular complexity index is 1220. The molecule has 3 aromatic rings. The van der Waals surface area contributed by atoms with Gasteiger partial charge < -0.3 is 21.1 Å². The number of hydrogen-bond acceptors (Lipinski definition) is 8. The zero-order chi connectivity index (χ0) is 23.6. The number of benzene rings is 1. The largest absolute Gasteiger partial charge is 0.494 e. The van der Waals surface area contributed by atoms with Crippen LogP contribution in [0.25, 0.3) is 5.65 Å². The van der Waals surface area contributed by atoms with E-state index in [9.17, 15) is 8.42 Å². The standard InChI is InChI=1S/C22H31N7O3S/c1-4-32-18-11-9-17(10-12-18)26-21-14(2)20(25-16-7-5-15(23)6-8-16)27-22-19(13-24-29(21)22)28-33(3,30)31/h9-13,15-16,26,28H,4-8,23H2,1-3H3,(H,25,27)/t15-,16-. The maximum atomic E-state index is 11.9. The lowest BCUT2D eigenvalue weighted by Crippen LogP contribution is -2.33. The number of aromatic nitrogens is 3. The molecule has 1 saturated carbocycles. The Balaban J connectivity index is 1.73. The fourth-order valence-electron chi connectivity index (χ4n) is 4.03. The number of rotatable bonds is 8. The maximum absolute atomic E-state index is 11.9. The summed E-state index contributed by atoms with van der Waals surface area (Å²) in [5.41, 5.74) is 8.51. The third-order valence-corrected chi connectivity index (χ3v) is 6.31. The lowest BCUT2D eigenvalue weighted by atomic mass is 9.92. The summed E-state index contributed by atoms with van der Waals surface area (Å²) in [4.78, 5) is 4.74. The summed E-state index contributed by atoms with van der Waals surface area (Å²) in [6.07, 6.45) is 6.42. The number of ether oxygens (including phenoxy) is 1. The normalized spacial score (nSPS) is 18.8. The predicted octanol–water partition coefficient (Wildman–Crippen LogP) is 3.23. The molecule has 2 aromatic heterocycles. The van der Waals surface area contributed by atoms with Crippen molar-refractivity contribution in [1.29, 1.82) is 0 Å². The van der Waals surface area contributed by atoms with E-state index in [0.29, 0.717) is 29.6 Å². The first-order valence-electron chi connectivity index (χ1n) is 11.1. The van der Waals surface area contributed by atoms with Gasteiger partial charge in [0.2, 0.25) is 10.0 Å². The quantitative estimate of drug-likeness (QED) is 0.391. The second kappa shape index (κ2) is 9.44. The predicted molar refractivity (Wildman–Crippen MR) is 131 cm³/mol. The Morgan fingerprint density at radius 2 is 1.88 bits per heavy atom. The molecule has 1 fully saturated rings. The molecular weight excluding hydrogens is 442 g/mol. The molecule has 0 atom stereocenters. The van der Waals surface area contributed by atoms with Crippen LogP contribution >= 0.6 is 0 Å². The number of fused-ring (bicyclic) bond motifs is 1. The van der Waals surface area contributed by atoms with Crippen LogP contribution < -0.4 is 25.8 Å². The Kier molecular flexibility index (Phi) is 6.61. The van der Waals surface area contributed by atoms with E-state index >= 15 is 0 Å². The average Bonchev–Trinajstić information content (AvgIpc) is 3.14. The number of sulfonamides is 1. The Morgan fingerprint density at radius 3 is 2.52 bits per heavy atom. The summed E-state index contributed by atoms with van der Waals surface area (Å²) < 4.78 is 33.4. The Hall–Kier alpha value is -3.05. The van der Waals surface area contributed by atoms with Gasteiger partial charge in [0.15, 0.2) is 5.65 Å². The minimum absolute atomic E-state index is 0.247. The molecule has 0 radical (unpaired) electrons. The van der Waals surface area contributed by atoms with Crippen LogP contribution in [-0.4, -0.2) is 48.0 Å². The van der Waals surface area contributed by atoms with Gasteiger partial charge in [0, 0.05) is 23.3 Å². The minimum atomic E-state index is -3.49. The molecule has 0 amide bonds. The van der Waals surface area contributed by atoms with E-state index in [2.05, 4.69) is 20.5 Å². The van der Waals surface area contributed by atoms with E-state index in [-0.39, 0.29) is 12.1 Å². The summed E-state index contributed by atoms with van der Waals surface area (Å²) in [5, 5.41) is 11.4. The number of hydrogen-bond donors (Lipinski definition) is 4. The van der Waals surface area contributed by atoms with Crippen LogP contribution in [0.2, 0.25) is 0 Å². The lowest BCUT2D eigenvalue weighted by molar-refractivity contribution is 0.340. The molecule has 10 nitrogen and oxygen atoms in total. The molecule has 0 unspecified atom stereocenters. The molecule has 0 saturated heterocycles. The highest BCUT2D eigenvalue weighted by Crippen LogP contribution is 2.31. The van der Waals surface area contributed by atoms with Crippen molar-refractivity contribution in [3.63, 3.8) is 0 Å². The van der Waals surface area contributed by atoms with Crippen LogP contribution in [0.5, 0.6) is 5.75 Å². The second-order valence-electron chi connectivity index (χ2n) is 8.44. The maximum Gasteiger partial charge on any atom is 0.229 e. The number of anilines is 4. The highest BCUT2D eigenvalue weighted by molar-refractivity contribution is 7.92. The third kappa shape index (κ3) is 5.48. The van der Waals surface area contributed by atoms with Gasteiger partial charge in [-0.3, -0.25) is 4.72 Å². The summed E-state index contributed by atoms with van der Waals surface area (Å²) in [5.74, 6) is 2.17. The molecule has 0 aliphatic heterocycles. The van der Waals surface area contributed by atoms with E-state index in [1.54, 1.807) is 4.52 Å². The van der Waals surface area contributed by atoms with Gasteiger partial charge in [-0.25, -0.2) is 13.4 Å². The van der Waals surface area contributed by atoms with Gasteiger partial charge >= 0.3 is 0 Å². The third-order valence-electron chi connectivity index (χ3n) is 5.72. The molecule has 11 heteroatoms. The van der Waals surface area contributed by atoms with Gasteiger partial charge in [-0.15, -0.1) is 0 Å². The molecule has 4 rings (SSSR count). The number of nitrogens with one attached hydrogen (secondary N) is 3. The van der Waals surface area contributed by atoms with Crippen molar-refractivity contribution < 1.29 is 13.2 Å². The summed E-state index contributed by atoms with van der Waals surface area (Å²) >= 11 is 0. The molecule has 178 valence electrons. The van der Waals surface area contributed by atoms with Crippen molar-refractivity contribution >= 4 is 38.7 Å². The molecule has 2 heterocycles. The fraction of sp³-hybridized carbons (Fsp3) is 0.455. The Morgan fingerprint density at radius 1 is 1.18 bits per heavy atom. The van der Waals surface area contributed by atoms with E-state index in [1.807, 2.05) is 38.1 Å². The van der Waals surface area contributed by atoms with Crippen molar-refractivity contribution in [2.24, 2.45) is 5.73 Å². The van der Waals surface area contributed by atoms with E-state index in [1.165, 1.54) is 6.20 Å². The van der Waals surface area contributed by atoms with Gasteiger partial charge in [0.05, 0.1) is 19.1 Å². The van der Waals surface area contributed by atoms with E-state index < -0.39 is 10.0 Å². The van der Waals surface area contributed by atoms with Gasteiger partial charge in [0.25, 0.3) is 0 Å². The van der Waals surface area contributed by atoms with Gasteiger partial charge in [-0.1, -0.05) is 0 Å². The van der Waals surface area contributed by atoms with Crippen molar-refractivity contribution in [1.82, 2.24) is 14.6 Å². The zero-order valence-electron chi connectivity index (χ0n) is 19.1. The Labute approximate surface area is 194 Å². The lowest BCUT2D eigenvalue weighted by Gasteiger charge is -2.28.